The minimum Gasteiger partial charge on any atom is -0.289 e. The standard InChI is InChI=1S/C19H13ClO/c20-18-13-16(14-7-3-1-4-8-14)11-12-17(18)19(21)15-9-5-2-6-10-15/h1-13H. The Morgan fingerprint density at radius 1 is 0.714 bits per heavy atom. The molecule has 0 fully saturated rings. The fourth-order valence-corrected chi connectivity index (χ4v) is 2.52. The fraction of sp³-hybridized carbons (Fsp3) is 0. The van der Waals surface area contributed by atoms with E-state index in [1.807, 2.05) is 60.7 Å². The van der Waals surface area contributed by atoms with Gasteiger partial charge in [0.25, 0.3) is 0 Å². The average Bonchev–Trinajstić information content (AvgIpc) is 2.56. The molecule has 0 aliphatic heterocycles. The van der Waals surface area contributed by atoms with Gasteiger partial charge in [-0.15, -0.1) is 0 Å². The first-order valence-electron chi connectivity index (χ1n) is 6.70. The Kier molecular flexibility index (Phi) is 3.85. The summed E-state index contributed by atoms with van der Waals surface area (Å²) in [5.74, 6) is -0.0554. The molecule has 0 N–H and O–H groups in total. The Morgan fingerprint density at radius 2 is 1.33 bits per heavy atom. The summed E-state index contributed by atoms with van der Waals surface area (Å²) in [6.45, 7) is 0. The van der Waals surface area contributed by atoms with Crippen molar-refractivity contribution < 1.29 is 4.79 Å². The van der Waals surface area contributed by atoms with Crippen LogP contribution in [0.2, 0.25) is 5.02 Å². The Morgan fingerprint density at radius 3 is 1.95 bits per heavy atom. The molecule has 0 atom stereocenters. The lowest BCUT2D eigenvalue weighted by Crippen LogP contribution is -2.01. The average molecular weight is 293 g/mol. The monoisotopic (exact) mass is 292 g/mol. The van der Waals surface area contributed by atoms with Crippen LogP contribution in [0, 0.1) is 0 Å². The zero-order valence-electron chi connectivity index (χ0n) is 11.3. The van der Waals surface area contributed by atoms with Crippen LogP contribution in [0.1, 0.15) is 15.9 Å². The SMILES string of the molecule is O=C(c1ccccc1)c1ccc(-c2ccccc2)cc1Cl. The summed E-state index contributed by atoms with van der Waals surface area (Å²) in [6.07, 6.45) is 0. The van der Waals surface area contributed by atoms with Gasteiger partial charge in [0.2, 0.25) is 0 Å². The second kappa shape index (κ2) is 5.94. The first-order valence-corrected chi connectivity index (χ1v) is 7.08. The molecular weight excluding hydrogens is 280 g/mol. The van der Waals surface area contributed by atoms with Crippen molar-refractivity contribution in [2.45, 2.75) is 0 Å². The van der Waals surface area contributed by atoms with Gasteiger partial charge in [0.05, 0.1) is 5.02 Å². The summed E-state index contributed by atoms with van der Waals surface area (Å²) in [5, 5.41) is 0.477. The van der Waals surface area contributed by atoms with Gasteiger partial charge in [-0.05, 0) is 23.3 Å². The molecule has 0 saturated heterocycles. The normalized spacial score (nSPS) is 10.3. The summed E-state index contributed by atoms with van der Waals surface area (Å²) in [7, 11) is 0. The number of benzene rings is 3. The molecule has 0 bridgehead atoms. The van der Waals surface area contributed by atoms with Gasteiger partial charge in [0, 0.05) is 11.1 Å². The van der Waals surface area contributed by atoms with E-state index in [0.717, 1.165) is 11.1 Å². The van der Waals surface area contributed by atoms with Crippen molar-refractivity contribution in [1.82, 2.24) is 0 Å². The van der Waals surface area contributed by atoms with Gasteiger partial charge in [-0.25, -0.2) is 0 Å². The number of rotatable bonds is 3. The summed E-state index contributed by atoms with van der Waals surface area (Å²) in [6, 6.07) is 24.7. The molecule has 0 spiro atoms. The van der Waals surface area contributed by atoms with Crippen LogP contribution in [0.5, 0.6) is 0 Å². The lowest BCUT2D eigenvalue weighted by Gasteiger charge is -2.07. The predicted octanol–water partition coefficient (Wildman–Crippen LogP) is 5.24. The minimum atomic E-state index is -0.0554. The van der Waals surface area contributed by atoms with E-state index in [9.17, 15) is 4.79 Å². The van der Waals surface area contributed by atoms with Crippen LogP contribution < -0.4 is 0 Å². The van der Waals surface area contributed by atoms with Crippen molar-refractivity contribution >= 4 is 17.4 Å². The Labute approximate surface area is 128 Å². The zero-order valence-corrected chi connectivity index (χ0v) is 12.0. The number of hydrogen-bond acceptors (Lipinski definition) is 1. The van der Waals surface area contributed by atoms with Crippen molar-refractivity contribution in [3.63, 3.8) is 0 Å². The van der Waals surface area contributed by atoms with Crippen molar-refractivity contribution in [2.75, 3.05) is 0 Å². The highest BCUT2D eigenvalue weighted by Gasteiger charge is 2.13. The molecule has 0 amide bonds. The quantitative estimate of drug-likeness (QED) is 0.603. The number of carbonyl (C=O) groups is 1. The van der Waals surface area contributed by atoms with Crippen LogP contribution in [0.3, 0.4) is 0 Å². The predicted molar refractivity (Wildman–Crippen MR) is 86.8 cm³/mol. The van der Waals surface area contributed by atoms with Gasteiger partial charge in [0.15, 0.2) is 5.78 Å². The number of carbonyl (C=O) groups excluding carboxylic acids is 1. The third kappa shape index (κ3) is 2.88. The lowest BCUT2D eigenvalue weighted by molar-refractivity contribution is 0.103. The molecule has 102 valence electrons. The maximum Gasteiger partial charge on any atom is 0.194 e. The molecule has 0 aliphatic carbocycles. The highest BCUT2D eigenvalue weighted by molar-refractivity contribution is 6.35. The molecule has 0 aromatic heterocycles. The van der Waals surface area contributed by atoms with Gasteiger partial charge in [0.1, 0.15) is 0 Å². The zero-order chi connectivity index (χ0) is 14.7. The van der Waals surface area contributed by atoms with Crippen molar-refractivity contribution in [2.24, 2.45) is 0 Å². The van der Waals surface area contributed by atoms with E-state index in [-0.39, 0.29) is 5.78 Å². The number of hydrogen-bond donors (Lipinski definition) is 0. The third-order valence-corrected chi connectivity index (χ3v) is 3.67. The van der Waals surface area contributed by atoms with E-state index in [1.54, 1.807) is 18.2 Å². The van der Waals surface area contributed by atoms with E-state index in [1.165, 1.54) is 0 Å². The molecule has 0 heterocycles. The molecule has 0 saturated carbocycles. The summed E-state index contributed by atoms with van der Waals surface area (Å²) < 4.78 is 0. The van der Waals surface area contributed by atoms with Gasteiger partial charge in [-0.2, -0.15) is 0 Å². The second-order valence-corrected chi connectivity index (χ2v) is 5.16. The van der Waals surface area contributed by atoms with Gasteiger partial charge >= 0.3 is 0 Å². The highest BCUT2D eigenvalue weighted by Crippen LogP contribution is 2.27. The van der Waals surface area contributed by atoms with Crippen molar-refractivity contribution in [3.05, 3.63) is 95.0 Å². The highest BCUT2D eigenvalue weighted by atomic mass is 35.5. The molecule has 2 heteroatoms. The number of ketones is 1. The van der Waals surface area contributed by atoms with Gasteiger partial charge < -0.3 is 0 Å². The Bertz CT molecular complexity index is 764. The Hall–Kier alpha value is -2.38. The fourth-order valence-electron chi connectivity index (χ4n) is 2.25. The molecule has 3 aromatic carbocycles. The topological polar surface area (TPSA) is 17.1 Å². The van der Waals surface area contributed by atoms with Crippen molar-refractivity contribution in [1.29, 1.82) is 0 Å². The van der Waals surface area contributed by atoms with Crippen molar-refractivity contribution in [3.8, 4) is 11.1 Å². The summed E-state index contributed by atoms with van der Waals surface area (Å²) >= 11 is 6.30. The lowest BCUT2D eigenvalue weighted by atomic mass is 9.99. The van der Waals surface area contributed by atoms with Crippen LogP contribution in [0.25, 0.3) is 11.1 Å². The van der Waals surface area contributed by atoms with E-state index < -0.39 is 0 Å². The molecular formula is C19H13ClO. The second-order valence-electron chi connectivity index (χ2n) is 4.76. The van der Waals surface area contributed by atoms with E-state index in [2.05, 4.69) is 0 Å². The van der Waals surface area contributed by atoms with Gasteiger partial charge in [-0.1, -0.05) is 78.3 Å². The maximum absolute atomic E-state index is 12.4. The van der Waals surface area contributed by atoms with Gasteiger partial charge in [-0.3, -0.25) is 4.79 Å². The van der Waals surface area contributed by atoms with Crippen LogP contribution in [-0.2, 0) is 0 Å². The molecule has 1 nitrogen and oxygen atoms in total. The molecule has 0 radical (unpaired) electrons. The smallest absolute Gasteiger partial charge is 0.194 e. The Balaban J connectivity index is 1.98. The van der Waals surface area contributed by atoms with Crippen LogP contribution in [0.4, 0.5) is 0 Å². The summed E-state index contributed by atoms with van der Waals surface area (Å²) in [5.41, 5.74) is 3.26. The van der Waals surface area contributed by atoms with Crippen LogP contribution in [-0.4, -0.2) is 5.78 Å². The van der Waals surface area contributed by atoms with Crippen LogP contribution in [0.15, 0.2) is 78.9 Å². The van der Waals surface area contributed by atoms with E-state index in [0.29, 0.717) is 16.1 Å². The third-order valence-electron chi connectivity index (χ3n) is 3.36. The van der Waals surface area contributed by atoms with E-state index in [4.69, 9.17) is 11.6 Å². The minimum absolute atomic E-state index is 0.0554. The van der Waals surface area contributed by atoms with Crippen LogP contribution >= 0.6 is 11.6 Å². The molecule has 0 aliphatic rings. The molecule has 3 rings (SSSR count). The summed E-state index contributed by atoms with van der Waals surface area (Å²) in [4.78, 5) is 12.4. The number of halogens is 1. The molecule has 3 aromatic rings. The molecule has 21 heavy (non-hydrogen) atoms. The first-order chi connectivity index (χ1) is 10.3. The maximum atomic E-state index is 12.4. The van der Waals surface area contributed by atoms with E-state index >= 15 is 0 Å². The largest absolute Gasteiger partial charge is 0.289 e. The first kappa shape index (κ1) is 13.6. The molecule has 0 unspecified atom stereocenters.